The molecular weight excluding hydrogens is 208 g/mol. The molecule has 0 aliphatic heterocycles. The van der Waals surface area contributed by atoms with Crippen molar-refractivity contribution in [2.24, 2.45) is 17.6 Å². The molecule has 0 amide bonds. The van der Waals surface area contributed by atoms with Crippen LogP contribution in [-0.4, -0.2) is 30.1 Å². The van der Waals surface area contributed by atoms with Gasteiger partial charge in [-0.15, -0.1) is 0 Å². The van der Waals surface area contributed by atoms with Crippen LogP contribution in [0, 0.1) is 11.8 Å². The van der Waals surface area contributed by atoms with Gasteiger partial charge in [0.25, 0.3) is 0 Å². The van der Waals surface area contributed by atoms with Crippen LogP contribution >= 0.6 is 0 Å². The number of nitrogens with zero attached hydrogens (tertiary/aromatic N) is 1. The van der Waals surface area contributed by atoms with E-state index in [0.29, 0.717) is 6.04 Å². The van der Waals surface area contributed by atoms with Crippen molar-refractivity contribution in [3.8, 4) is 0 Å². The molecule has 0 bridgehead atoms. The Balaban J connectivity index is 2.71. The molecule has 17 heavy (non-hydrogen) atoms. The first-order chi connectivity index (χ1) is 8.13. The summed E-state index contributed by atoms with van der Waals surface area (Å²) in [6.45, 7) is 11.4. The number of hydrogen-bond donors (Lipinski definition) is 1. The van der Waals surface area contributed by atoms with E-state index in [-0.39, 0.29) is 0 Å². The fourth-order valence-corrected chi connectivity index (χ4v) is 3.41. The molecule has 1 saturated carbocycles. The minimum atomic E-state index is 0.657. The summed E-state index contributed by atoms with van der Waals surface area (Å²) in [5.41, 5.74) is 5.99. The fraction of sp³-hybridized carbons (Fsp3) is 1.00. The van der Waals surface area contributed by atoms with Gasteiger partial charge >= 0.3 is 0 Å². The Hall–Kier alpha value is -0.0800. The summed E-state index contributed by atoms with van der Waals surface area (Å²) in [6.07, 6.45) is 6.70. The number of hydrogen-bond acceptors (Lipinski definition) is 2. The van der Waals surface area contributed by atoms with Crippen molar-refractivity contribution in [1.29, 1.82) is 0 Å². The van der Waals surface area contributed by atoms with E-state index >= 15 is 0 Å². The number of nitrogens with two attached hydrogens (primary N) is 1. The van der Waals surface area contributed by atoms with E-state index in [1.54, 1.807) is 0 Å². The monoisotopic (exact) mass is 240 g/mol. The number of rotatable bonds is 6. The van der Waals surface area contributed by atoms with Crippen molar-refractivity contribution in [3.05, 3.63) is 0 Å². The van der Waals surface area contributed by atoms with Gasteiger partial charge in [0, 0.05) is 12.1 Å². The van der Waals surface area contributed by atoms with Gasteiger partial charge in [-0.3, -0.25) is 4.90 Å². The molecule has 0 saturated heterocycles. The lowest BCUT2D eigenvalue weighted by Gasteiger charge is -2.44. The quantitative estimate of drug-likeness (QED) is 0.772. The first-order valence-electron chi connectivity index (χ1n) is 7.59. The standard InChI is InChI=1S/C15H32N2/c1-5-9-17(12(3)4)15-10-13(6-2)7-8-14(15)11-16/h12-15H,5-11,16H2,1-4H3. The second-order valence-electron chi connectivity index (χ2n) is 5.98. The first kappa shape index (κ1) is 15.0. The average Bonchev–Trinajstić information content (AvgIpc) is 2.34. The molecule has 2 N–H and O–H groups in total. The van der Waals surface area contributed by atoms with Crippen LogP contribution in [0.1, 0.15) is 59.8 Å². The van der Waals surface area contributed by atoms with Crippen LogP contribution in [0.3, 0.4) is 0 Å². The topological polar surface area (TPSA) is 29.3 Å². The van der Waals surface area contributed by atoms with Crippen molar-refractivity contribution in [2.45, 2.75) is 71.9 Å². The maximum atomic E-state index is 5.99. The Kier molecular flexibility index (Phi) is 6.50. The molecule has 102 valence electrons. The Bertz CT molecular complexity index is 203. The third-order valence-corrected chi connectivity index (χ3v) is 4.52. The molecule has 0 aromatic rings. The van der Waals surface area contributed by atoms with Gasteiger partial charge in [-0.05, 0) is 58.0 Å². The van der Waals surface area contributed by atoms with Gasteiger partial charge in [0.2, 0.25) is 0 Å². The highest BCUT2D eigenvalue weighted by Crippen LogP contribution is 2.34. The minimum absolute atomic E-state index is 0.657. The molecule has 0 heterocycles. The summed E-state index contributed by atoms with van der Waals surface area (Å²) in [4.78, 5) is 2.71. The average molecular weight is 240 g/mol. The molecule has 2 nitrogen and oxygen atoms in total. The van der Waals surface area contributed by atoms with Gasteiger partial charge in [-0.1, -0.05) is 26.7 Å². The molecule has 2 heteroatoms. The van der Waals surface area contributed by atoms with Crippen LogP contribution in [0.2, 0.25) is 0 Å². The van der Waals surface area contributed by atoms with Crippen molar-refractivity contribution >= 4 is 0 Å². The molecule has 3 unspecified atom stereocenters. The lowest BCUT2D eigenvalue weighted by Crippen LogP contribution is -2.50. The lowest BCUT2D eigenvalue weighted by molar-refractivity contribution is 0.0566. The zero-order valence-electron chi connectivity index (χ0n) is 12.3. The molecular formula is C15H32N2. The predicted octanol–water partition coefficient (Wildman–Crippen LogP) is 3.26. The van der Waals surface area contributed by atoms with E-state index in [0.717, 1.165) is 24.4 Å². The van der Waals surface area contributed by atoms with E-state index in [4.69, 9.17) is 5.73 Å². The molecule has 0 radical (unpaired) electrons. The fourth-order valence-electron chi connectivity index (χ4n) is 3.41. The summed E-state index contributed by atoms with van der Waals surface area (Å²) >= 11 is 0. The molecule has 0 aromatic heterocycles. The Morgan fingerprint density at radius 3 is 2.41 bits per heavy atom. The zero-order chi connectivity index (χ0) is 12.8. The molecule has 0 spiro atoms. The van der Waals surface area contributed by atoms with Crippen LogP contribution in [0.5, 0.6) is 0 Å². The summed E-state index contributed by atoms with van der Waals surface area (Å²) in [7, 11) is 0. The summed E-state index contributed by atoms with van der Waals surface area (Å²) in [5.74, 6) is 1.66. The second kappa shape index (κ2) is 7.38. The van der Waals surface area contributed by atoms with Crippen LogP contribution in [0.4, 0.5) is 0 Å². The Morgan fingerprint density at radius 2 is 1.94 bits per heavy atom. The third-order valence-electron chi connectivity index (χ3n) is 4.52. The zero-order valence-corrected chi connectivity index (χ0v) is 12.3. The van der Waals surface area contributed by atoms with Gasteiger partial charge in [0.15, 0.2) is 0 Å². The van der Waals surface area contributed by atoms with Crippen LogP contribution in [0.25, 0.3) is 0 Å². The third kappa shape index (κ3) is 3.96. The Morgan fingerprint density at radius 1 is 1.24 bits per heavy atom. The molecule has 1 aliphatic rings. The summed E-state index contributed by atoms with van der Waals surface area (Å²) in [5, 5.41) is 0. The lowest BCUT2D eigenvalue weighted by atomic mass is 9.76. The van der Waals surface area contributed by atoms with Crippen molar-refractivity contribution in [3.63, 3.8) is 0 Å². The highest BCUT2D eigenvalue weighted by molar-refractivity contribution is 4.88. The van der Waals surface area contributed by atoms with Gasteiger partial charge in [0.05, 0.1) is 0 Å². The van der Waals surface area contributed by atoms with E-state index < -0.39 is 0 Å². The van der Waals surface area contributed by atoms with Crippen molar-refractivity contribution in [1.82, 2.24) is 4.90 Å². The van der Waals surface area contributed by atoms with E-state index in [1.165, 1.54) is 38.6 Å². The van der Waals surface area contributed by atoms with Crippen molar-refractivity contribution < 1.29 is 0 Å². The SMILES string of the molecule is CCCN(C(C)C)C1CC(CC)CCC1CN. The van der Waals surface area contributed by atoms with Crippen LogP contribution in [0.15, 0.2) is 0 Å². The normalized spacial score (nSPS) is 30.2. The summed E-state index contributed by atoms with van der Waals surface area (Å²) in [6, 6.07) is 1.39. The minimum Gasteiger partial charge on any atom is -0.330 e. The highest BCUT2D eigenvalue weighted by atomic mass is 15.2. The first-order valence-corrected chi connectivity index (χ1v) is 7.59. The largest absolute Gasteiger partial charge is 0.330 e. The highest BCUT2D eigenvalue weighted by Gasteiger charge is 2.33. The van der Waals surface area contributed by atoms with Crippen LogP contribution in [-0.2, 0) is 0 Å². The van der Waals surface area contributed by atoms with Gasteiger partial charge in [-0.25, -0.2) is 0 Å². The molecule has 1 aliphatic carbocycles. The van der Waals surface area contributed by atoms with Gasteiger partial charge < -0.3 is 5.73 Å². The maximum absolute atomic E-state index is 5.99. The molecule has 1 rings (SSSR count). The maximum Gasteiger partial charge on any atom is 0.0141 e. The van der Waals surface area contributed by atoms with Gasteiger partial charge in [0.1, 0.15) is 0 Å². The van der Waals surface area contributed by atoms with E-state index in [1.807, 2.05) is 0 Å². The van der Waals surface area contributed by atoms with Crippen LogP contribution < -0.4 is 5.73 Å². The summed E-state index contributed by atoms with van der Waals surface area (Å²) < 4.78 is 0. The van der Waals surface area contributed by atoms with Crippen molar-refractivity contribution in [2.75, 3.05) is 13.1 Å². The Labute approximate surface area is 108 Å². The molecule has 1 fully saturated rings. The van der Waals surface area contributed by atoms with Gasteiger partial charge in [-0.2, -0.15) is 0 Å². The second-order valence-corrected chi connectivity index (χ2v) is 5.98. The van der Waals surface area contributed by atoms with E-state index in [9.17, 15) is 0 Å². The van der Waals surface area contributed by atoms with E-state index in [2.05, 4.69) is 32.6 Å². The molecule has 0 aromatic carbocycles. The molecule has 3 atom stereocenters. The predicted molar refractivity (Wildman–Crippen MR) is 76.1 cm³/mol. The smallest absolute Gasteiger partial charge is 0.0141 e.